The van der Waals surface area contributed by atoms with Gasteiger partial charge in [-0.2, -0.15) is 0 Å². The second kappa shape index (κ2) is 47.4. The zero-order chi connectivity index (χ0) is 51.8. The molecule has 0 bridgehead atoms. The maximum absolute atomic E-state index is 13.1. The summed E-state index contributed by atoms with van der Waals surface area (Å²) in [6.45, 7) is 5.83. The lowest BCUT2D eigenvalue weighted by Crippen LogP contribution is -2.61. The number of hydrogen-bond acceptors (Lipinski definition) is 11. The van der Waals surface area contributed by atoms with Crippen LogP contribution in [0, 0.1) is 0 Å². The van der Waals surface area contributed by atoms with Gasteiger partial charge in [-0.15, -0.1) is 0 Å². The van der Waals surface area contributed by atoms with Crippen LogP contribution in [0.3, 0.4) is 0 Å². The average Bonchev–Trinajstić information content (AvgIpc) is 3.35. The second-order valence-corrected chi connectivity index (χ2v) is 19.2. The van der Waals surface area contributed by atoms with Crippen LogP contribution in [0.2, 0.25) is 0 Å². The molecule has 6 unspecified atom stereocenters. The molecular formula is C59H100O12. The first-order valence-corrected chi connectivity index (χ1v) is 28.3. The standard InChI is InChI=1S/C59H100O12/c1-4-7-10-13-16-19-22-24-25-26-27-29-32-35-38-41-44-47-53(62)70-57-55(64)54(63)56(58(65)66)71-59(57)68-49-50(69-52(61)46-43-40-37-34-30-21-18-15-12-9-6-3)48-67-51(60)45-42-39-36-33-31-28-23-20-17-14-11-8-5-2/h7,10,16,19-20,23-25,27,29,50,54-57,59,63-64H,4-6,8-9,11-15,17-18,21-22,26,28,30-49H2,1-3H3,(H,65,66)/b10-7-,19-16-,23-20-,25-24-,29-27-. The Bertz CT molecular complexity index is 1470. The minimum absolute atomic E-state index is 0.0319. The summed E-state index contributed by atoms with van der Waals surface area (Å²) in [5, 5.41) is 31.4. The molecule has 71 heavy (non-hydrogen) atoms. The minimum atomic E-state index is -1.91. The zero-order valence-corrected chi connectivity index (χ0v) is 44.7. The normalized spacial score (nSPS) is 18.9. The number of aliphatic hydroxyl groups excluding tert-OH is 2. The molecule has 0 aromatic carbocycles. The minimum Gasteiger partial charge on any atom is -0.479 e. The van der Waals surface area contributed by atoms with Crippen LogP contribution < -0.4 is 0 Å². The van der Waals surface area contributed by atoms with Crippen molar-refractivity contribution in [1.29, 1.82) is 0 Å². The molecule has 1 heterocycles. The second-order valence-electron chi connectivity index (χ2n) is 19.2. The average molecular weight is 1000 g/mol. The fourth-order valence-electron chi connectivity index (χ4n) is 8.24. The summed E-state index contributed by atoms with van der Waals surface area (Å²) < 4.78 is 28.3. The molecule has 0 aromatic heterocycles. The van der Waals surface area contributed by atoms with E-state index in [1.807, 2.05) is 0 Å². The molecule has 1 rings (SSSR count). The van der Waals surface area contributed by atoms with Crippen LogP contribution in [-0.2, 0) is 42.9 Å². The molecule has 12 heteroatoms. The first-order chi connectivity index (χ1) is 34.6. The third-order valence-corrected chi connectivity index (χ3v) is 12.6. The number of hydrogen-bond donors (Lipinski definition) is 3. The molecule has 0 spiro atoms. The van der Waals surface area contributed by atoms with Crippen molar-refractivity contribution in [3.63, 3.8) is 0 Å². The van der Waals surface area contributed by atoms with E-state index < -0.39 is 67.3 Å². The van der Waals surface area contributed by atoms with Gasteiger partial charge < -0.3 is 39.0 Å². The Morgan fingerprint density at radius 3 is 1.38 bits per heavy atom. The van der Waals surface area contributed by atoms with Gasteiger partial charge in [0.1, 0.15) is 18.8 Å². The highest BCUT2D eigenvalue weighted by Gasteiger charge is 2.50. The van der Waals surface area contributed by atoms with E-state index in [1.54, 1.807) is 0 Å². The van der Waals surface area contributed by atoms with E-state index in [0.29, 0.717) is 19.3 Å². The predicted molar refractivity (Wildman–Crippen MR) is 285 cm³/mol. The van der Waals surface area contributed by atoms with Crippen molar-refractivity contribution in [3.05, 3.63) is 60.8 Å². The van der Waals surface area contributed by atoms with Crippen LogP contribution in [0.4, 0.5) is 0 Å². The van der Waals surface area contributed by atoms with E-state index in [0.717, 1.165) is 109 Å². The summed E-state index contributed by atoms with van der Waals surface area (Å²) >= 11 is 0. The lowest BCUT2D eigenvalue weighted by Gasteiger charge is -2.40. The van der Waals surface area contributed by atoms with Crippen LogP contribution in [0.1, 0.15) is 239 Å². The lowest BCUT2D eigenvalue weighted by molar-refractivity contribution is -0.301. The van der Waals surface area contributed by atoms with Crippen molar-refractivity contribution in [2.45, 2.75) is 276 Å². The van der Waals surface area contributed by atoms with Crippen LogP contribution in [-0.4, -0.2) is 89.2 Å². The van der Waals surface area contributed by atoms with Crippen molar-refractivity contribution in [2.75, 3.05) is 13.2 Å². The summed E-state index contributed by atoms with van der Waals surface area (Å²) in [7, 11) is 0. The SMILES string of the molecule is CC/C=C\C/C=C\C/C=C\C/C=C\CCCCCCC(=O)OC1C(OCC(COC(=O)CCCCCCC/C=C\CCCCCC)OC(=O)CCCCCCCCCCCCC)OC(C(=O)O)C(O)C1O. The van der Waals surface area contributed by atoms with E-state index in [2.05, 4.69) is 81.5 Å². The molecule has 0 aromatic rings. The zero-order valence-electron chi connectivity index (χ0n) is 44.7. The van der Waals surface area contributed by atoms with Crippen molar-refractivity contribution in [1.82, 2.24) is 0 Å². The van der Waals surface area contributed by atoms with Gasteiger partial charge in [-0.05, 0) is 83.5 Å². The van der Waals surface area contributed by atoms with E-state index in [4.69, 9.17) is 23.7 Å². The number of carboxylic acids is 1. The van der Waals surface area contributed by atoms with Gasteiger partial charge in [-0.25, -0.2) is 4.79 Å². The molecule has 0 amide bonds. The Morgan fingerprint density at radius 2 is 0.887 bits per heavy atom. The van der Waals surface area contributed by atoms with Crippen LogP contribution in [0.25, 0.3) is 0 Å². The number of aliphatic hydroxyl groups is 2. The summed E-state index contributed by atoms with van der Waals surface area (Å²) in [6.07, 6.45) is 44.8. The third-order valence-electron chi connectivity index (χ3n) is 12.6. The van der Waals surface area contributed by atoms with Gasteiger partial charge in [0.05, 0.1) is 6.61 Å². The van der Waals surface area contributed by atoms with Crippen LogP contribution >= 0.6 is 0 Å². The van der Waals surface area contributed by atoms with Gasteiger partial charge in [-0.3, -0.25) is 14.4 Å². The fraction of sp³-hybridized carbons (Fsp3) is 0.763. The molecule has 1 aliphatic heterocycles. The van der Waals surface area contributed by atoms with E-state index in [9.17, 15) is 34.5 Å². The monoisotopic (exact) mass is 1000 g/mol. The number of esters is 3. The highest BCUT2D eigenvalue weighted by atomic mass is 16.7. The summed E-state index contributed by atoms with van der Waals surface area (Å²) in [5.74, 6) is -3.15. The lowest BCUT2D eigenvalue weighted by atomic mass is 9.98. The molecule has 0 saturated carbocycles. The van der Waals surface area contributed by atoms with Gasteiger partial charge in [0.15, 0.2) is 24.6 Å². The van der Waals surface area contributed by atoms with Gasteiger partial charge in [0, 0.05) is 19.3 Å². The Hall–Kier alpha value is -3.58. The molecule has 3 N–H and O–H groups in total. The van der Waals surface area contributed by atoms with Crippen molar-refractivity contribution in [2.24, 2.45) is 0 Å². The number of allylic oxidation sites excluding steroid dienone is 10. The molecule has 408 valence electrons. The van der Waals surface area contributed by atoms with Crippen LogP contribution in [0.15, 0.2) is 60.8 Å². The molecule has 6 atom stereocenters. The summed E-state index contributed by atoms with van der Waals surface area (Å²) in [5.41, 5.74) is 0. The molecular weight excluding hydrogens is 901 g/mol. The topological polar surface area (TPSA) is 175 Å². The largest absolute Gasteiger partial charge is 0.479 e. The molecule has 1 fully saturated rings. The molecule has 0 radical (unpaired) electrons. The van der Waals surface area contributed by atoms with E-state index in [1.165, 1.54) is 70.6 Å². The number of ether oxygens (including phenoxy) is 5. The smallest absolute Gasteiger partial charge is 0.335 e. The Balaban J connectivity index is 2.71. The third kappa shape index (κ3) is 37.8. The first-order valence-electron chi connectivity index (χ1n) is 28.3. The fourth-order valence-corrected chi connectivity index (χ4v) is 8.24. The number of carbonyl (C=O) groups is 4. The number of aliphatic carboxylic acids is 1. The van der Waals surface area contributed by atoms with Gasteiger partial charge >= 0.3 is 23.9 Å². The number of rotatable bonds is 47. The van der Waals surface area contributed by atoms with Crippen LogP contribution in [0.5, 0.6) is 0 Å². The molecule has 1 saturated heterocycles. The Kier molecular flexibility index (Phi) is 43.7. The molecule has 1 aliphatic rings. The van der Waals surface area contributed by atoms with Crippen molar-refractivity contribution in [3.8, 4) is 0 Å². The van der Waals surface area contributed by atoms with Gasteiger partial charge in [0.2, 0.25) is 0 Å². The maximum atomic E-state index is 13.1. The van der Waals surface area contributed by atoms with E-state index >= 15 is 0 Å². The Labute approximate surface area is 430 Å². The van der Waals surface area contributed by atoms with Crippen molar-refractivity contribution < 1.29 is 58.2 Å². The number of carboxylic acid groups (broad SMARTS) is 1. The molecule has 0 aliphatic carbocycles. The number of carbonyl (C=O) groups excluding carboxylic acids is 3. The highest BCUT2D eigenvalue weighted by Crippen LogP contribution is 2.26. The van der Waals surface area contributed by atoms with E-state index in [-0.39, 0.29) is 25.9 Å². The molecule has 12 nitrogen and oxygen atoms in total. The first kappa shape index (κ1) is 65.4. The van der Waals surface area contributed by atoms with Gasteiger partial charge in [0.25, 0.3) is 0 Å². The number of unbranched alkanes of at least 4 members (excludes halogenated alkanes) is 23. The summed E-state index contributed by atoms with van der Waals surface area (Å²) in [4.78, 5) is 50.9. The highest BCUT2D eigenvalue weighted by molar-refractivity contribution is 5.74. The predicted octanol–water partition coefficient (Wildman–Crippen LogP) is 14.0. The quantitative estimate of drug-likeness (QED) is 0.0228. The maximum Gasteiger partial charge on any atom is 0.335 e. The summed E-state index contributed by atoms with van der Waals surface area (Å²) in [6, 6.07) is 0. The van der Waals surface area contributed by atoms with Crippen molar-refractivity contribution >= 4 is 23.9 Å². The Morgan fingerprint density at radius 1 is 0.479 bits per heavy atom. The van der Waals surface area contributed by atoms with Gasteiger partial charge in [-0.1, -0.05) is 197 Å².